The zero-order chi connectivity index (χ0) is 13.1. The number of nitrogens with one attached hydrogen (secondary N) is 1. The van der Waals surface area contributed by atoms with Crippen molar-refractivity contribution in [2.45, 2.75) is 45.8 Å². The number of hydrogen-bond acceptors (Lipinski definition) is 4. The summed E-state index contributed by atoms with van der Waals surface area (Å²) in [6.07, 6.45) is 2.75. The maximum Gasteiger partial charge on any atom is 0.160 e. The van der Waals surface area contributed by atoms with Gasteiger partial charge in [-0.2, -0.15) is 0 Å². The highest BCUT2D eigenvalue weighted by Gasteiger charge is 2.27. The van der Waals surface area contributed by atoms with Crippen LogP contribution in [0.3, 0.4) is 0 Å². The summed E-state index contributed by atoms with van der Waals surface area (Å²) in [4.78, 5) is 9.03. The van der Waals surface area contributed by atoms with Crippen LogP contribution in [0, 0.1) is 6.92 Å². The molecule has 0 bridgehead atoms. The van der Waals surface area contributed by atoms with Gasteiger partial charge in [-0.1, -0.05) is 6.92 Å². The summed E-state index contributed by atoms with van der Waals surface area (Å²) in [5.41, 5.74) is 1.74. The molecular weight excluding hydrogens is 214 g/mol. The van der Waals surface area contributed by atoms with Gasteiger partial charge in [0, 0.05) is 30.6 Å². The number of nitrogens with zero attached hydrogens (tertiary/aromatic N) is 2. The van der Waals surface area contributed by atoms with Crippen molar-refractivity contribution in [3.63, 3.8) is 0 Å². The first kappa shape index (κ1) is 14.1. The third-order valence-electron chi connectivity index (χ3n) is 3.52. The van der Waals surface area contributed by atoms with Crippen molar-refractivity contribution in [1.82, 2.24) is 15.3 Å². The number of aryl methyl sites for hydroxylation is 1. The van der Waals surface area contributed by atoms with Crippen LogP contribution in [0.2, 0.25) is 0 Å². The zero-order valence-corrected chi connectivity index (χ0v) is 11.7. The maximum absolute atomic E-state index is 5.51. The minimum absolute atomic E-state index is 0.263. The SMILES string of the molecule is CCC(C)(OC)c1ncc(C(C)NC)c(C)n1. The van der Waals surface area contributed by atoms with Crippen molar-refractivity contribution in [3.05, 3.63) is 23.3 Å². The van der Waals surface area contributed by atoms with E-state index >= 15 is 0 Å². The maximum atomic E-state index is 5.51. The number of aromatic nitrogens is 2. The van der Waals surface area contributed by atoms with Gasteiger partial charge in [-0.3, -0.25) is 0 Å². The minimum atomic E-state index is -0.397. The lowest BCUT2D eigenvalue weighted by atomic mass is 10.0. The molecule has 17 heavy (non-hydrogen) atoms. The van der Waals surface area contributed by atoms with Gasteiger partial charge < -0.3 is 10.1 Å². The van der Waals surface area contributed by atoms with Gasteiger partial charge >= 0.3 is 0 Å². The summed E-state index contributed by atoms with van der Waals surface area (Å²) in [6, 6.07) is 0.263. The quantitative estimate of drug-likeness (QED) is 0.854. The average molecular weight is 237 g/mol. The summed E-state index contributed by atoms with van der Waals surface area (Å²) >= 11 is 0. The predicted molar refractivity (Wildman–Crippen MR) is 68.9 cm³/mol. The molecule has 0 aliphatic heterocycles. The fourth-order valence-electron chi connectivity index (χ4n) is 1.71. The van der Waals surface area contributed by atoms with Crippen LogP contribution in [0.15, 0.2) is 6.20 Å². The smallest absolute Gasteiger partial charge is 0.160 e. The lowest BCUT2D eigenvalue weighted by Gasteiger charge is -2.25. The molecule has 1 heterocycles. The second-order valence-corrected chi connectivity index (χ2v) is 4.53. The van der Waals surface area contributed by atoms with E-state index < -0.39 is 5.60 Å². The number of rotatable bonds is 5. The zero-order valence-electron chi connectivity index (χ0n) is 11.7. The Balaban J connectivity index is 3.12. The Morgan fingerprint density at radius 1 is 1.53 bits per heavy atom. The molecule has 1 rings (SSSR count). The molecule has 0 saturated heterocycles. The molecule has 2 atom stereocenters. The van der Waals surface area contributed by atoms with Crippen molar-refractivity contribution in [2.75, 3.05) is 14.2 Å². The van der Waals surface area contributed by atoms with Gasteiger partial charge in [-0.15, -0.1) is 0 Å². The molecule has 0 fully saturated rings. The van der Waals surface area contributed by atoms with Crippen LogP contribution in [0.25, 0.3) is 0 Å². The highest BCUT2D eigenvalue weighted by molar-refractivity contribution is 5.21. The Hall–Kier alpha value is -1.00. The first-order valence-electron chi connectivity index (χ1n) is 6.05. The van der Waals surface area contributed by atoms with E-state index in [1.807, 2.05) is 27.1 Å². The molecule has 2 unspecified atom stereocenters. The van der Waals surface area contributed by atoms with Gasteiger partial charge in [-0.25, -0.2) is 9.97 Å². The molecule has 4 heteroatoms. The van der Waals surface area contributed by atoms with Crippen LogP contribution in [-0.4, -0.2) is 24.1 Å². The molecule has 1 aromatic rings. The average Bonchev–Trinajstić information content (AvgIpc) is 2.36. The van der Waals surface area contributed by atoms with Gasteiger partial charge in [0.15, 0.2) is 5.82 Å². The molecule has 96 valence electrons. The van der Waals surface area contributed by atoms with Crippen LogP contribution in [0.4, 0.5) is 0 Å². The van der Waals surface area contributed by atoms with E-state index in [4.69, 9.17) is 4.74 Å². The topological polar surface area (TPSA) is 47.0 Å². The number of methoxy groups -OCH3 is 1. The Labute approximate surface area is 104 Å². The van der Waals surface area contributed by atoms with Crippen LogP contribution >= 0.6 is 0 Å². The molecule has 4 nitrogen and oxygen atoms in total. The molecule has 0 amide bonds. The minimum Gasteiger partial charge on any atom is -0.371 e. The van der Waals surface area contributed by atoms with Crippen molar-refractivity contribution >= 4 is 0 Å². The summed E-state index contributed by atoms with van der Waals surface area (Å²) in [5.74, 6) is 0.757. The lowest BCUT2D eigenvalue weighted by molar-refractivity contribution is -0.00917. The van der Waals surface area contributed by atoms with Gasteiger partial charge in [0.25, 0.3) is 0 Å². The molecule has 1 N–H and O–H groups in total. The van der Waals surface area contributed by atoms with E-state index in [1.165, 1.54) is 0 Å². The van der Waals surface area contributed by atoms with E-state index in [2.05, 4.69) is 29.1 Å². The van der Waals surface area contributed by atoms with Crippen LogP contribution in [0.5, 0.6) is 0 Å². The van der Waals surface area contributed by atoms with Crippen LogP contribution in [0.1, 0.15) is 50.3 Å². The number of ether oxygens (including phenoxy) is 1. The Morgan fingerprint density at radius 2 is 2.18 bits per heavy atom. The molecule has 0 spiro atoms. The molecular formula is C13H23N3O. The first-order valence-corrected chi connectivity index (χ1v) is 6.05. The van der Waals surface area contributed by atoms with E-state index in [9.17, 15) is 0 Å². The van der Waals surface area contributed by atoms with Crippen LogP contribution in [-0.2, 0) is 10.3 Å². The van der Waals surface area contributed by atoms with Gasteiger partial charge in [0.2, 0.25) is 0 Å². The molecule has 0 radical (unpaired) electrons. The van der Waals surface area contributed by atoms with E-state index in [0.717, 1.165) is 23.5 Å². The predicted octanol–water partition coefficient (Wildman–Crippen LogP) is 2.34. The van der Waals surface area contributed by atoms with Crippen molar-refractivity contribution in [1.29, 1.82) is 0 Å². The molecule has 1 aromatic heterocycles. The van der Waals surface area contributed by atoms with Crippen molar-refractivity contribution in [3.8, 4) is 0 Å². The van der Waals surface area contributed by atoms with E-state index in [0.29, 0.717) is 0 Å². The lowest BCUT2D eigenvalue weighted by Crippen LogP contribution is -2.27. The Bertz CT molecular complexity index is 375. The normalized spacial score (nSPS) is 16.6. The Kier molecular flexibility index (Phi) is 4.60. The second kappa shape index (κ2) is 5.56. The molecule has 0 aliphatic carbocycles. The first-order chi connectivity index (χ1) is 7.98. The largest absolute Gasteiger partial charge is 0.371 e. The molecule has 0 aromatic carbocycles. The highest BCUT2D eigenvalue weighted by atomic mass is 16.5. The van der Waals surface area contributed by atoms with Crippen molar-refractivity contribution in [2.24, 2.45) is 0 Å². The summed E-state index contributed by atoms with van der Waals surface area (Å²) < 4.78 is 5.51. The highest BCUT2D eigenvalue weighted by Crippen LogP contribution is 2.26. The van der Waals surface area contributed by atoms with Crippen molar-refractivity contribution < 1.29 is 4.74 Å². The summed E-state index contributed by atoms with van der Waals surface area (Å²) in [7, 11) is 3.63. The fourth-order valence-corrected chi connectivity index (χ4v) is 1.71. The summed E-state index contributed by atoms with van der Waals surface area (Å²) in [5, 5.41) is 3.20. The number of hydrogen-bond donors (Lipinski definition) is 1. The van der Waals surface area contributed by atoms with Gasteiger partial charge in [-0.05, 0) is 34.2 Å². The fraction of sp³-hybridized carbons (Fsp3) is 0.692. The molecule has 0 saturated carbocycles. The second-order valence-electron chi connectivity index (χ2n) is 4.53. The van der Waals surface area contributed by atoms with Gasteiger partial charge in [0.05, 0.1) is 0 Å². The molecule has 0 aliphatic rings. The summed E-state index contributed by atoms with van der Waals surface area (Å²) in [6.45, 7) is 8.20. The third-order valence-corrected chi connectivity index (χ3v) is 3.52. The standard InChI is InChI=1S/C13H23N3O/c1-7-13(4,17-6)12-15-8-11(9(2)14-5)10(3)16-12/h8-9,14H,7H2,1-6H3. The third kappa shape index (κ3) is 2.82. The van der Waals surface area contributed by atoms with E-state index in [-0.39, 0.29) is 6.04 Å². The monoisotopic (exact) mass is 237 g/mol. The van der Waals surface area contributed by atoms with Crippen LogP contribution < -0.4 is 5.32 Å². The van der Waals surface area contributed by atoms with Gasteiger partial charge in [0.1, 0.15) is 5.60 Å². The Morgan fingerprint density at radius 3 is 2.59 bits per heavy atom. The van der Waals surface area contributed by atoms with E-state index in [1.54, 1.807) is 7.11 Å².